The molecule has 0 unspecified atom stereocenters. The van der Waals surface area contributed by atoms with Crippen LogP contribution in [0.4, 0.5) is 30.6 Å². The molecule has 8 nitrogen and oxygen atoms in total. The molecule has 1 aliphatic rings. The summed E-state index contributed by atoms with van der Waals surface area (Å²) in [4.78, 5) is 25.6. The first-order valence-electron chi connectivity index (χ1n) is 11.5. The van der Waals surface area contributed by atoms with E-state index in [1.165, 1.54) is 4.68 Å². The average Bonchev–Trinajstić information content (AvgIpc) is 3.26. The largest absolute Gasteiger partial charge is 0.350 e. The Balaban J connectivity index is 1.49. The molecule has 186 valence electrons. The Labute approximate surface area is 201 Å². The summed E-state index contributed by atoms with van der Waals surface area (Å²) in [5.41, 5.74) is 1.72. The number of nitrogens with zero attached hydrogens (tertiary/aromatic N) is 6. The number of likely N-dealkylation sites (N-methyl/N-ethyl adjacent to an activating group) is 1. The maximum absolute atomic E-state index is 13.5. The molecule has 35 heavy (non-hydrogen) atoms. The van der Waals surface area contributed by atoms with Crippen LogP contribution in [-0.2, 0) is 17.9 Å². The molecular formula is C24H28F3N7O. The van der Waals surface area contributed by atoms with E-state index in [1.807, 2.05) is 11.8 Å². The Morgan fingerprint density at radius 3 is 2.49 bits per heavy atom. The molecule has 0 bridgehead atoms. The van der Waals surface area contributed by atoms with Gasteiger partial charge >= 0.3 is 0 Å². The fraction of sp³-hybridized carbons (Fsp3) is 0.417. The van der Waals surface area contributed by atoms with Crippen molar-refractivity contribution in [3.05, 3.63) is 59.3 Å². The first-order chi connectivity index (χ1) is 16.7. The number of anilines is 3. The molecule has 4 rings (SSSR count). The summed E-state index contributed by atoms with van der Waals surface area (Å²) in [6, 6.07) is 1.62. The number of amides is 1. The third kappa shape index (κ3) is 5.08. The van der Waals surface area contributed by atoms with Crippen molar-refractivity contribution in [2.45, 2.75) is 46.3 Å². The second kappa shape index (κ2) is 9.93. The Kier molecular flexibility index (Phi) is 6.95. The van der Waals surface area contributed by atoms with Crippen molar-refractivity contribution >= 4 is 23.4 Å². The van der Waals surface area contributed by atoms with E-state index in [0.717, 1.165) is 17.7 Å². The van der Waals surface area contributed by atoms with Crippen LogP contribution in [0.25, 0.3) is 0 Å². The lowest BCUT2D eigenvalue weighted by Crippen LogP contribution is -2.53. The van der Waals surface area contributed by atoms with E-state index < -0.39 is 17.5 Å². The number of nitrogens with one attached hydrogen (secondary N) is 1. The van der Waals surface area contributed by atoms with Gasteiger partial charge in [0.05, 0.1) is 18.9 Å². The van der Waals surface area contributed by atoms with Crippen LogP contribution in [0.2, 0.25) is 0 Å². The zero-order chi connectivity index (χ0) is 25.3. The molecule has 1 amide bonds. The van der Waals surface area contributed by atoms with Gasteiger partial charge in [0.1, 0.15) is 11.7 Å². The molecule has 1 aromatic carbocycles. The van der Waals surface area contributed by atoms with Crippen LogP contribution in [0.1, 0.15) is 38.3 Å². The van der Waals surface area contributed by atoms with Gasteiger partial charge in [0.2, 0.25) is 11.9 Å². The Bertz CT molecular complexity index is 1210. The zero-order valence-electron chi connectivity index (χ0n) is 20.1. The van der Waals surface area contributed by atoms with Gasteiger partial charge in [-0.25, -0.2) is 18.2 Å². The lowest BCUT2D eigenvalue weighted by molar-refractivity contribution is -0.120. The number of aromatic nitrogens is 4. The summed E-state index contributed by atoms with van der Waals surface area (Å²) in [5.74, 6) is -2.47. The molecule has 0 fully saturated rings. The molecule has 1 atom stereocenters. The average molecular weight is 488 g/mol. The minimum atomic E-state index is -1.49. The van der Waals surface area contributed by atoms with Gasteiger partial charge in [-0.2, -0.15) is 10.1 Å². The van der Waals surface area contributed by atoms with E-state index >= 15 is 0 Å². The predicted molar refractivity (Wildman–Crippen MR) is 127 cm³/mol. The van der Waals surface area contributed by atoms with Crippen LogP contribution in [0, 0.1) is 23.4 Å². The number of hydrogen-bond acceptors (Lipinski definition) is 6. The zero-order valence-corrected chi connectivity index (χ0v) is 20.1. The number of halogens is 3. The summed E-state index contributed by atoms with van der Waals surface area (Å²) in [5, 5.41) is 7.38. The number of hydrogen-bond donors (Lipinski definition) is 1. The fourth-order valence-electron chi connectivity index (χ4n) is 4.18. The molecular weight excluding hydrogens is 459 g/mol. The lowest BCUT2D eigenvalue weighted by atomic mass is 10.1. The first kappa shape index (κ1) is 24.5. The van der Waals surface area contributed by atoms with Crippen LogP contribution >= 0.6 is 0 Å². The van der Waals surface area contributed by atoms with Crippen LogP contribution in [0.5, 0.6) is 0 Å². The minimum Gasteiger partial charge on any atom is -0.350 e. The number of carbonyl (C=O) groups is 1. The van der Waals surface area contributed by atoms with Gasteiger partial charge in [-0.1, -0.05) is 20.8 Å². The van der Waals surface area contributed by atoms with Crippen LogP contribution in [0.3, 0.4) is 0 Å². The topological polar surface area (TPSA) is 79.2 Å². The summed E-state index contributed by atoms with van der Waals surface area (Å²) in [6.07, 6.45) is 5.65. The van der Waals surface area contributed by atoms with Gasteiger partial charge in [0, 0.05) is 31.9 Å². The molecule has 2 aromatic heterocycles. The van der Waals surface area contributed by atoms with Gasteiger partial charge < -0.3 is 15.1 Å². The smallest absolute Gasteiger partial charge is 0.249 e. The Morgan fingerprint density at radius 1 is 1.11 bits per heavy atom. The van der Waals surface area contributed by atoms with Crippen molar-refractivity contribution in [1.82, 2.24) is 19.7 Å². The monoisotopic (exact) mass is 487 g/mol. The van der Waals surface area contributed by atoms with Crippen LogP contribution in [-0.4, -0.2) is 45.3 Å². The van der Waals surface area contributed by atoms with Crippen LogP contribution in [0.15, 0.2) is 30.7 Å². The van der Waals surface area contributed by atoms with Crippen molar-refractivity contribution in [1.29, 1.82) is 0 Å². The molecule has 0 saturated heterocycles. The normalized spacial score (nSPS) is 15.7. The second-order valence-corrected chi connectivity index (χ2v) is 9.04. The number of carbonyl (C=O) groups excluding carboxylic acids is 1. The maximum atomic E-state index is 13.5. The lowest BCUT2D eigenvalue weighted by Gasteiger charge is -2.41. The summed E-state index contributed by atoms with van der Waals surface area (Å²) >= 11 is 0. The van der Waals surface area contributed by atoms with E-state index in [1.54, 1.807) is 30.5 Å². The summed E-state index contributed by atoms with van der Waals surface area (Å²) < 4.78 is 41.6. The molecule has 1 N–H and O–H groups in total. The van der Waals surface area contributed by atoms with Crippen LogP contribution < -0.4 is 15.1 Å². The van der Waals surface area contributed by atoms with Gasteiger partial charge in [0.25, 0.3) is 0 Å². The molecule has 0 saturated carbocycles. The first-order valence-corrected chi connectivity index (χ1v) is 11.5. The van der Waals surface area contributed by atoms with Crippen molar-refractivity contribution in [2.75, 3.05) is 28.7 Å². The fourth-order valence-corrected chi connectivity index (χ4v) is 4.18. The van der Waals surface area contributed by atoms with Crippen molar-refractivity contribution in [2.24, 2.45) is 5.92 Å². The number of fused-ring (bicyclic) bond motifs is 1. The van der Waals surface area contributed by atoms with Gasteiger partial charge in [-0.3, -0.25) is 9.48 Å². The quantitative estimate of drug-likeness (QED) is 0.485. The second-order valence-electron chi connectivity index (χ2n) is 9.04. The highest BCUT2D eigenvalue weighted by Crippen LogP contribution is 2.35. The number of rotatable bonds is 8. The summed E-state index contributed by atoms with van der Waals surface area (Å²) in [6.45, 7) is 7.33. The molecule has 0 aliphatic carbocycles. The highest BCUT2D eigenvalue weighted by atomic mass is 19.2. The molecule has 3 heterocycles. The minimum absolute atomic E-state index is 0.0262. The SMILES string of the molecule is CC[C@@H]1C(=O)N(C)c2cnc(NCc3cnn(Cc4cc(F)c(F)c(F)c4)c3)nc2N1CC(C)C. The molecule has 0 radical (unpaired) electrons. The van der Waals surface area contributed by atoms with Gasteiger partial charge in [-0.15, -0.1) is 0 Å². The van der Waals surface area contributed by atoms with E-state index in [2.05, 4.69) is 29.2 Å². The number of benzene rings is 1. The third-order valence-electron chi connectivity index (χ3n) is 5.85. The Morgan fingerprint density at radius 2 is 1.83 bits per heavy atom. The Hall–Kier alpha value is -3.63. The van der Waals surface area contributed by atoms with Gasteiger partial charge in [0.15, 0.2) is 23.3 Å². The predicted octanol–water partition coefficient (Wildman–Crippen LogP) is 3.97. The van der Waals surface area contributed by atoms with Gasteiger partial charge in [-0.05, 0) is 30.0 Å². The van der Waals surface area contributed by atoms with E-state index in [4.69, 9.17) is 4.98 Å². The van der Waals surface area contributed by atoms with E-state index in [-0.39, 0.29) is 24.1 Å². The highest BCUT2D eigenvalue weighted by Gasteiger charge is 2.37. The van der Waals surface area contributed by atoms with Crippen molar-refractivity contribution in [3.63, 3.8) is 0 Å². The molecule has 0 spiro atoms. The molecule has 3 aromatic rings. The molecule has 1 aliphatic heterocycles. The standard InChI is InChI=1S/C24H28F3N7O/c1-5-19-23(35)32(4)20-10-29-24(31-22(20)34(19)11-14(2)3)28-8-16-9-30-33(13-16)12-15-6-17(25)21(27)18(26)7-15/h6-7,9-10,13-14,19H,5,8,11-12H2,1-4H3,(H,28,29,31)/t19-/m1/s1. The maximum Gasteiger partial charge on any atom is 0.249 e. The third-order valence-corrected chi connectivity index (χ3v) is 5.85. The van der Waals surface area contributed by atoms with Crippen molar-refractivity contribution < 1.29 is 18.0 Å². The van der Waals surface area contributed by atoms with E-state index in [0.29, 0.717) is 42.9 Å². The molecule has 11 heteroatoms. The highest BCUT2D eigenvalue weighted by molar-refractivity contribution is 6.04. The van der Waals surface area contributed by atoms with Crippen molar-refractivity contribution in [3.8, 4) is 0 Å². The van der Waals surface area contributed by atoms with E-state index in [9.17, 15) is 18.0 Å². The summed E-state index contributed by atoms with van der Waals surface area (Å²) in [7, 11) is 1.74.